The zero-order valence-electron chi connectivity index (χ0n) is 12.6. The van der Waals surface area contributed by atoms with Crippen molar-refractivity contribution in [3.05, 3.63) is 24.0 Å². The number of hydrogen-bond donors (Lipinski definition) is 1. The van der Waals surface area contributed by atoms with Crippen LogP contribution in [0.1, 0.15) is 38.0 Å². The van der Waals surface area contributed by atoms with Gasteiger partial charge < -0.3 is 15.0 Å². The van der Waals surface area contributed by atoms with Crippen LogP contribution in [-0.2, 0) is 4.79 Å². The first-order valence-electron chi connectivity index (χ1n) is 6.86. The van der Waals surface area contributed by atoms with Crippen LogP contribution in [0.2, 0.25) is 0 Å². The van der Waals surface area contributed by atoms with Crippen molar-refractivity contribution >= 4 is 28.5 Å². The Labute approximate surface area is 129 Å². The average Bonchev–Trinajstić information content (AvgIpc) is 2.77. The Balaban J connectivity index is 2.81. The first-order chi connectivity index (χ1) is 9.88. The van der Waals surface area contributed by atoms with Crippen molar-refractivity contribution in [2.45, 2.75) is 32.2 Å². The molecule has 1 amide bonds. The number of para-hydroxylation sites is 1. The summed E-state index contributed by atoms with van der Waals surface area (Å²) in [6, 6.07) is 5.09. The summed E-state index contributed by atoms with van der Waals surface area (Å²) < 4.78 is 7.18. The van der Waals surface area contributed by atoms with Gasteiger partial charge in [-0.2, -0.15) is 0 Å². The van der Waals surface area contributed by atoms with Crippen LogP contribution in [0.25, 0.3) is 11.0 Å². The van der Waals surface area contributed by atoms with Gasteiger partial charge in [-0.25, -0.2) is 4.98 Å². The van der Waals surface area contributed by atoms with Crippen molar-refractivity contribution in [1.82, 2.24) is 9.55 Å². The Kier molecular flexibility index (Phi) is 4.42. The number of imidazole rings is 1. The average molecular weight is 310 g/mol. The summed E-state index contributed by atoms with van der Waals surface area (Å²) >= 11 is 6.25. The molecule has 0 aliphatic carbocycles. The monoisotopic (exact) mass is 309 g/mol. The number of nitrogens with two attached hydrogens (primary N) is 1. The van der Waals surface area contributed by atoms with Crippen LogP contribution in [0.4, 0.5) is 0 Å². The molecule has 2 unspecified atom stereocenters. The quantitative estimate of drug-likeness (QED) is 0.863. The van der Waals surface area contributed by atoms with Gasteiger partial charge in [-0.3, -0.25) is 4.79 Å². The number of fused-ring (bicyclic) bond motifs is 1. The van der Waals surface area contributed by atoms with Gasteiger partial charge >= 0.3 is 0 Å². The summed E-state index contributed by atoms with van der Waals surface area (Å²) in [5.41, 5.74) is 7.09. The molecule has 0 saturated heterocycles. The minimum Gasteiger partial charge on any atom is -0.494 e. The molecule has 21 heavy (non-hydrogen) atoms. The van der Waals surface area contributed by atoms with Gasteiger partial charge in [0, 0.05) is 0 Å². The predicted molar refractivity (Wildman–Crippen MR) is 83.6 cm³/mol. The highest BCUT2D eigenvalue weighted by Gasteiger charge is 2.28. The third-order valence-electron chi connectivity index (χ3n) is 3.49. The molecule has 0 saturated carbocycles. The van der Waals surface area contributed by atoms with Gasteiger partial charge in [0.15, 0.2) is 0 Å². The number of nitrogens with zero attached hydrogens (tertiary/aromatic N) is 2. The van der Waals surface area contributed by atoms with E-state index in [0.717, 1.165) is 5.52 Å². The highest BCUT2D eigenvalue weighted by molar-refractivity contribution is 6.20. The summed E-state index contributed by atoms with van der Waals surface area (Å²) in [5, 5.41) is -0.345. The van der Waals surface area contributed by atoms with Crippen LogP contribution in [0.15, 0.2) is 18.2 Å². The van der Waals surface area contributed by atoms with E-state index in [2.05, 4.69) is 4.98 Å². The Bertz CT molecular complexity index is 664. The van der Waals surface area contributed by atoms with Gasteiger partial charge in [0.05, 0.1) is 18.0 Å². The lowest BCUT2D eigenvalue weighted by Gasteiger charge is -2.23. The molecule has 1 aromatic heterocycles. The first-order valence-corrected chi connectivity index (χ1v) is 7.30. The number of rotatable bonds is 5. The van der Waals surface area contributed by atoms with E-state index in [4.69, 9.17) is 22.1 Å². The lowest BCUT2D eigenvalue weighted by molar-refractivity contribution is -0.122. The molecule has 0 radical (unpaired) electrons. The lowest BCUT2D eigenvalue weighted by Crippen LogP contribution is -2.31. The molecule has 0 fully saturated rings. The lowest BCUT2D eigenvalue weighted by atomic mass is 10.0. The molecule has 1 aromatic carbocycles. The number of carbonyl (C=O) groups excluding carboxylic acids is 1. The van der Waals surface area contributed by atoms with E-state index in [1.54, 1.807) is 7.11 Å². The number of amides is 1. The maximum absolute atomic E-state index is 11.9. The maximum Gasteiger partial charge on any atom is 0.240 e. The van der Waals surface area contributed by atoms with Crippen LogP contribution in [0.5, 0.6) is 5.75 Å². The van der Waals surface area contributed by atoms with Crippen molar-refractivity contribution in [3.8, 4) is 5.75 Å². The normalized spacial score (nSPS) is 14.4. The van der Waals surface area contributed by atoms with Crippen molar-refractivity contribution in [1.29, 1.82) is 0 Å². The molecule has 1 heterocycles. The largest absolute Gasteiger partial charge is 0.494 e. The zero-order valence-corrected chi connectivity index (χ0v) is 13.4. The minimum absolute atomic E-state index is 0.0280. The van der Waals surface area contributed by atoms with E-state index in [9.17, 15) is 4.79 Å². The van der Waals surface area contributed by atoms with Crippen molar-refractivity contribution in [2.75, 3.05) is 7.11 Å². The van der Waals surface area contributed by atoms with Crippen LogP contribution >= 0.6 is 11.6 Å². The van der Waals surface area contributed by atoms with E-state index in [-0.39, 0.29) is 11.3 Å². The van der Waals surface area contributed by atoms with Crippen molar-refractivity contribution in [3.63, 3.8) is 0 Å². The zero-order chi connectivity index (χ0) is 15.7. The fraction of sp³-hybridized carbons (Fsp3) is 0.467. The molecule has 2 rings (SSSR count). The Morgan fingerprint density at radius 1 is 1.38 bits per heavy atom. The molecule has 6 heteroatoms. The van der Waals surface area contributed by atoms with E-state index in [0.29, 0.717) is 17.1 Å². The number of primary amides is 1. The third kappa shape index (κ3) is 2.70. The molecule has 2 aromatic rings. The summed E-state index contributed by atoms with van der Waals surface area (Å²) in [6.45, 7) is 5.72. The Morgan fingerprint density at radius 3 is 2.52 bits per heavy atom. The molecule has 2 atom stereocenters. The standard InChI is InChI=1S/C15H20ClN3O2/c1-8(2)13(14(17)20)19-10-6-5-7-11(21-4)12(10)18-15(19)9(3)16/h5-9,13H,1-4H3,(H2,17,20). The van der Waals surface area contributed by atoms with Gasteiger partial charge in [0.1, 0.15) is 23.1 Å². The van der Waals surface area contributed by atoms with E-state index >= 15 is 0 Å². The number of ether oxygens (including phenoxy) is 1. The number of halogens is 1. The fourth-order valence-electron chi connectivity index (χ4n) is 2.60. The van der Waals surface area contributed by atoms with Crippen LogP contribution < -0.4 is 10.5 Å². The fourth-order valence-corrected chi connectivity index (χ4v) is 2.75. The van der Waals surface area contributed by atoms with E-state index in [1.807, 2.05) is 43.5 Å². The number of alkyl halides is 1. The molecular weight excluding hydrogens is 290 g/mol. The SMILES string of the molecule is COc1cccc2c1nc(C(C)Cl)n2C(C(N)=O)C(C)C. The van der Waals surface area contributed by atoms with Gasteiger partial charge in [-0.05, 0) is 25.0 Å². The van der Waals surface area contributed by atoms with E-state index < -0.39 is 11.9 Å². The topological polar surface area (TPSA) is 70.1 Å². The summed E-state index contributed by atoms with van der Waals surface area (Å²) in [4.78, 5) is 16.5. The molecule has 0 aliphatic rings. The smallest absolute Gasteiger partial charge is 0.240 e. The highest BCUT2D eigenvalue weighted by Crippen LogP contribution is 2.34. The molecule has 5 nitrogen and oxygen atoms in total. The highest BCUT2D eigenvalue weighted by atomic mass is 35.5. The molecule has 0 aliphatic heterocycles. The molecule has 2 N–H and O–H groups in total. The Hall–Kier alpha value is -1.75. The van der Waals surface area contributed by atoms with Crippen LogP contribution in [0.3, 0.4) is 0 Å². The number of carbonyl (C=O) groups is 1. The third-order valence-corrected chi connectivity index (χ3v) is 3.68. The second-order valence-electron chi connectivity index (χ2n) is 5.38. The Morgan fingerprint density at radius 2 is 2.05 bits per heavy atom. The molecule has 114 valence electrons. The number of benzene rings is 1. The second kappa shape index (κ2) is 5.93. The summed E-state index contributed by atoms with van der Waals surface area (Å²) in [5.74, 6) is 0.899. The van der Waals surface area contributed by atoms with Gasteiger partial charge in [0.25, 0.3) is 0 Å². The maximum atomic E-state index is 11.9. The first kappa shape index (κ1) is 15.6. The van der Waals surface area contributed by atoms with Crippen LogP contribution in [0, 0.1) is 5.92 Å². The molecule has 0 spiro atoms. The number of methoxy groups -OCH3 is 1. The van der Waals surface area contributed by atoms with Gasteiger partial charge in [-0.1, -0.05) is 19.9 Å². The molecular formula is C15H20ClN3O2. The van der Waals surface area contributed by atoms with Crippen molar-refractivity contribution < 1.29 is 9.53 Å². The van der Waals surface area contributed by atoms with E-state index in [1.165, 1.54) is 0 Å². The summed E-state index contributed by atoms with van der Waals surface area (Å²) in [6.07, 6.45) is 0. The molecule has 0 bridgehead atoms. The predicted octanol–water partition coefficient (Wildman–Crippen LogP) is 3.03. The van der Waals surface area contributed by atoms with Gasteiger partial charge in [0.2, 0.25) is 5.91 Å². The second-order valence-corrected chi connectivity index (χ2v) is 6.03. The van der Waals surface area contributed by atoms with Crippen molar-refractivity contribution in [2.24, 2.45) is 11.7 Å². The van der Waals surface area contributed by atoms with Gasteiger partial charge in [-0.15, -0.1) is 11.6 Å². The number of hydrogen-bond acceptors (Lipinski definition) is 3. The summed E-state index contributed by atoms with van der Waals surface area (Å²) in [7, 11) is 1.59. The van der Waals surface area contributed by atoms with Crippen LogP contribution in [-0.4, -0.2) is 22.6 Å². The minimum atomic E-state index is -0.502. The number of aromatic nitrogens is 2.